The van der Waals surface area contributed by atoms with Gasteiger partial charge in [-0.05, 0) is 30.3 Å². The molecular weight excluding hydrogens is 281 g/mol. The van der Waals surface area contributed by atoms with Crippen LogP contribution in [0.25, 0.3) is 16.7 Å². The Bertz CT molecular complexity index is 979. The number of para-hydroxylation sites is 1. The molecule has 0 fully saturated rings. The molecule has 0 saturated heterocycles. The first-order valence-corrected chi connectivity index (χ1v) is 6.82. The van der Waals surface area contributed by atoms with E-state index in [0.717, 1.165) is 16.6 Å². The molecule has 0 atom stereocenters. The Morgan fingerprint density at radius 2 is 1.95 bits per heavy atom. The van der Waals surface area contributed by atoms with E-state index in [1.165, 1.54) is 12.1 Å². The Labute approximate surface area is 125 Å². The predicted molar refractivity (Wildman–Crippen MR) is 82.8 cm³/mol. The van der Waals surface area contributed by atoms with Gasteiger partial charge in [-0.1, -0.05) is 18.2 Å². The van der Waals surface area contributed by atoms with Crippen molar-refractivity contribution in [1.82, 2.24) is 19.6 Å². The standard InChI is InChI=1S/C16H12FN5/c1-21(12-6-4-5-11(17)9-12)15-13-7-2-3-8-14(13)22-10-18-20-16(22)19-15/h2-10H,1H3. The van der Waals surface area contributed by atoms with Crippen molar-refractivity contribution in [1.29, 1.82) is 0 Å². The van der Waals surface area contributed by atoms with E-state index in [1.807, 2.05) is 46.7 Å². The highest BCUT2D eigenvalue weighted by Gasteiger charge is 2.14. The molecule has 0 aliphatic heterocycles. The molecule has 4 aromatic rings. The summed E-state index contributed by atoms with van der Waals surface area (Å²) in [5.74, 6) is 0.941. The maximum absolute atomic E-state index is 13.5. The van der Waals surface area contributed by atoms with E-state index in [9.17, 15) is 4.39 Å². The van der Waals surface area contributed by atoms with Crippen molar-refractivity contribution in [2.75, 3.05) is 11.9 Å². The third-order valence-electron chi connectivity index (χ3n) is 3.65. The highest BCUT2D eigenvalue weighted by Crippen LogP contribution is 2.29. The van der Waals surface area contributed by atoms with Gasteiger partial charge in [0.2, 0.25) is 0 Å². The quantitative estimate of drug-likeness (QED) is 0.569. The molecule has 0 spiro atoms. The van der Waals surface area contributed by atoms with Gasteiger partial charge in [-0.25, -0.2) is 4.39 Å². The summed E-state index contributed by atoms with van der Waals surface area (Å²) in [7, 11) is 1.86. The van der Waals surface area contributed by atoms with Crippen LogP contribution < -0.4 is 4.90 Å². The van der Waals surface area contributed by atoms with Gasteiger partial charge in [0.25, 0.3) is 5.78 Å². The predicted octanol–water partition coefficient (Wildman–Crippen LogP) is 3.18. The highest BCUT2D eigenvalue weighted by atomic mass is 19.1. The van der Waals surface area contributed by atoms with Gasteiger partial charge >= 0.3 is 0 Å². The van der Waals surface area contributed by atoms with E-state index in [4.69, 9.17) is 0 Å². The molecule has 2 aromatic heterocycles. The van der Waals surface area contributed by atoms with Gasteiger partial charge in [-0.15, -0.1) is 10.2 Å². The molecule has 2 heterocycles. The monoisotopic (exact) mass is 293 g/mol. The SMILES string of the molecule is CN(c1cccc(F)c1)c1nc2nncn2c2ccccc12. The minimum Gasteiger partial charge on any atom is -0.329 e. The lowest BCUT2D eigenvalue weighted by Crippen LogP contribution is -2.13. The molecule has 0 N–H and O–H groups in total. The summed E-state index contributed by atoms with van der Waals surface area (Å²) in [6.07, 6.45) is 1.64. The first-order chi connectivity index (χ1) is 10.7. The Morgan fingerprint density at radius 1 is 1.09 bits per heavy atom. The minimum absolute atomic E-state index is 0.280. The molecular formula is C16H12FN5. The van der Waals surface area contributed by atoms with Crippen molar-refractivity contribution in [3.05, 3.63) is 60.7 Å². The van der Waals surface area contributed by atoms with Crippen molar-refractivity contribution >= 4 is 28.2 Å². The van der Waals surface area contributed by atoms with Gasteiger partial charge in [0.1, 0.15) is 18.0 Å². The molecule has 0 aliphatic carbocycles. The fourth-order valence-electron chi connectivity index (χ4n) is 2.57. The van der Waals surface area contributed by atoms with Crippen LogP contribution in [-0.2, 0) is 0 Å². The second kappa shape index (κ2) is 4.77. The molecule has 2 aromatic carbocycles. The summed E-state index contributed by atoms with van der Waals surface area (Å²) in [6.45, 7) is 0. The van der Waals surface area contributed by atoms with E-state index >= 15 is 0 Å². The van der Waals surface area contributed by atoms with Crippen LogP contribution in [0.15, 0.2) is 54.9 Å². The lowest BCUT2D eigenvalue weighted by molar-refractivity contribution is 0.628. The van der Waals surface area contributed by atoms with Crippen LogP contribution >= 0.6 is 0 Å². The summed E-state index contributed by atoms with van der Waals surface area (Å²) < 4.78 is 15.3. The Balaban J connectivity index is 2.00. The molecule has 5 nitrogen and oxygen atoms in total. The van der Waals surface area contributed by atoms with Gasteiger partial charge in [0.05, 0.1) is 5.52 Å². The van der Waals surface area contributed by atoms with Gasteiger partial charge < -0.3 is 4.90 Å². The maximum atomic E-state index is 13.5. The van der Waals surface area contributed by atoms with Gasteiger partial charge in [0, 0.05) is 18.1 Å². The van der Waals surface area contributed by atoms with Crippen LogP contribution in [0.5, 0.6) is 0 Å². The summed E-state index contributed by atoms with van der Waals surface area (Å²) in [5.41, 5.74) is 1.68. The smallest absolute Gasteiger partial charge is 0.257 e. The van der Waals surface area contributed by atoms with E-state index in [1.54, 1.807) is 12.4 Å². The molecule has 4 rings (SSSR count). The van der Waals surface area contributed by atoms with Crippen LogP contribution in [0.1, 0.15) is 0 Å². The molecule has 0 saturated carbocycles. The van der Waals surface area contributed by atoms with Crippen LogP contribution in [0, 0.1) is 5.82 Å². The number of halogens is 1. The molecule has 22 heavy (non-hydrogen) atoms. The van der Waals surface area contributed by atoms with Crippen molar-refractivity contribution < 1.29 is 4.39 Å². The fourth-order valence-corrected chi connectivity index (χ4v) is 2.57. The minimum atomic E-state index is -0.280. The number of anilines is 2. The van der Waals surface area contributed by atoms with Gasteiger partial charge in [-0.3, -0.25) is 4.40 Å². The second-order valence-corrected chi connectivity index (χ2v) is 4.99. The van der Waals surface area contributed by atoms with Crippen molar-refractivity contribution in [2.24, 2.45) is 0 Å². The zero-order chi connectivity index (χ0) is 15.1. The highest BCUT2D eigenvalue weighted by molar-refractivity contribution is 5.93. The Hall–Kier alpha value is -3.02. The van der Waals surface area contributed by atoms with Crippen molar-refractivity contribution in [3.8, 4) is 0 Å². The van der Waals surface area contributed by atoms with E-state index in [0.29, 0.717) is 11.6 Å². The van der Waals surface area contributed by atoms with Crippen LogP contribution in [0.3, 0.4) is 0 Å². The topological polar surface area (TPSA) is 46.3 Å². The lowest BCUT2D eigenvalue weighted by atomic mass is 10.2. The third-order valence-corrected chi connectivity index (χ3v) is 3.65. The van der Waals surface area contributed by atoms with E-state index < -0.39 is 0 Å². The van der Waals surface area contributed by atoms with Gasteiger partial charge in [-0.2, -0.15) is 4.98 Å². The molecule has 0 amide bonds. The average Bonchev–Trinajstić information content (AvgIpc) is 3.02. The summed E-state index contributed by atoms with van der Waals surface area (Å²) in [4.78, 5) is 6.41. The molecule has 108 valence electrons. The second-order valence-electron chi connectivity index (χ2n) is 4.99. The van der Waals surface area contributed by atoms with E-state index in [-0.39, 0.29) is 5.82 Å². The normalized spacial score (nSPS) is 11.2. The average molecular weight is 293 g/mol. The van der Waals surface area contributed by atoms with Gasteiger partial charge in [0.15, 0.2) is 0 Å². The molecule has 6 heteroatoms. The number of nitrogens with zero attached hydrogens (tertiary/aromatic N) is 5. The zero-order valence-electron chi connectivity index (χ0n) is 11.8. The number of benzene rings is 2. The Kier molecular flexibility index (Phi) is 2.75. The molecule has 0 aliphatic rings. The lowest BCUT2D eigenvalue weighted by Gasteiger charge is -2.20. The number of aromatic nitrogens is 4. The zero-order valence-corrected chi connectivity index (χ0v) is 11.8. The van der Waals surface area contributed by atoms with Crippen LogP contribution in [0.2, 0.25) is 0 Å². The summed E-state index contributed by atoms with van der Waals surface area (Å²) in [5, 5.41) is 8.88. The number of fused-ring (bicyclic) bond motifs is 3. The van der Waals surface area contributed by atoms with Crippen LogP contribution in [0.4, 0.5) is 15.9 Å². The van der Waals surface area contributed by atoms with Crippen LogP contribution in [-0.4, -0.2) is 26.6 Å². The summed E-state index contributed by atoms with van der Waals surface area (Å²) in [6, 6.07) is 14.3. The number of hydrogen-bond acceptors (Lipinski definition) is 4. The Morgan fingerprint density at radius 3 is 2.82 bits per heavy atom. The largest absolute Gasteiger partial charge is 0.329 e. The van der Waals surface area contributed by atoms with Crippen molar-refractivity contribution in [3.63, 3.8) is 0 Å². The van der Waals surface area contributed by atoms with Crippen molar-refractivity contribution in [2.45, 2.75) is 0 Å². The molecule has 0 unspecified atom stereocenters. The fraction of sp³-hybridized carbons (Fsp3) is 0.0625. The first kappa shape index (κ1) is 12.7. The third kappa shape index (κ3) is 1.88. The van der Waals surface area contributed by atoms with E-state index in [2.05, 4.69) is 15.2 Å². The number of hydrogen-bond donors (Lipinski definition) is 0. The summed E-state index contributed by atoms with van der Waals surface area (Å²) >= 11 is 0. The number of rotatable bonds is 2. The molecule has 0 bridgehead atoms. The maximum Gasteiger partial charge on any atom is 0.257 e. The first-order valence-electron chi connectivity index (χ1n) is 6.82. The molecule has 0 radical (unpaired) electrons.